The van der Waals surface area contributed by atoms with Gasteiger partial charge in [-0.05, 0) is 43.0 Å². The molecule has 2 aromatic carbocycles. The number of aliphatic hydroxyl groups is 3. The molecule has 7 rings (SSSR count). The fourth-order valence-corrected chi connectivity index (χ4v) is 7.06. The average Bonchev–Trinajstić information content (AvgIpc) is 3.95. The van der Waals surface area contributed by atoms with Crippen LogP contribution in [0.15, 0.2) is 76.4 Å². The topological polar surface area (TPSA) is 256 Å². The lowest BCUT2D eigenvalue weighted by molar-refractivity contribution is -0.0434. The zero-order valence-electron chi connectivity index (χ0n) is 28.6. The van der Waals surface area contributed by atoms with Crippen molar-refractivity contribution in [2.24, 2.45) is 5.14 Å². The summed E-state index contributed by atoms with van der Waals surface area (Å²) in [7, 11) is -3.95. The number of sulfonamides is 1. The van der Waals surface area contributed by atoms with E-state index in [2.05, 4.69) is 26.1 Å². The van der Waals surface area contributed by atoms with E-state index in [-0.39, 0.29) is 34.9 Å². The molecule has 280 valence electrons. The van der Waals surface area contributed by atoms with Gasteiger partial charge in [-0.2, -0.15) is 9.97 Å². The molecular formula is C34H40N10O8S. The molecule has 3 aromatic heterocycles. The standard InChI is InChI=1S/C34H40N10O8S/c1-2-20-15-25(52-42-20)29-27(46)28(47)32(51-29)44-18-36-26-30(37-23(17-45)13-19-7-4-3-5-8-19)40-33(41-31(26)44)43-12-11-22(16-43)39-34(48)38-21-9-6-10-24(14-21)53(35,49)50/h3-10,14-15,18,22-23,27-29,32,45-47H,2,11-13,16-17H2,1H3,(H2,35,49,50)(H,37,40,41)(H2,38,39,48). The Kier molecular flexibility index (Phi) is 10.3. The minimum Gasteiger partial charge on any atom is -0.394 e. The fourth-order valence-electron chi connectivity index (χ4n) is 6.50. The molecule has 2 aliphatic rings. The molecule has 5 aromatic rings. The smallest absolute Gasteiger partial charge is 0.319 e. The van der Waals surface area contributed by atoms with Crippen molar-refractivity contribution in [2.75, 3.05) is 35.2 Å². The van der Waals surface area contributed by atoms with E-state index in [1.807, 2.05) is 42.2 Å². The van der Waals surface area contributed by atoms with Crippen LogP contribution in [0.4, 0.5) is 22.2 Å². The SMILES string of the molecule is CCc1cc(C2OC(n3cnc4c(NC(CO)Cc5ccccc5)nc(N5CCC(NC(=O)Nc6cccc(S(N)(=O)=O)c6)C5)nc43)C(O)C2O)on1. The summed E-state index contributed by atoms with van der Waals surface area (Å²) < 4.78 is 36.6. The van der Waals surface area contributed by atoms with Gasteiger partial charge >= 0.3 is 6.03 Å². The molecule has 0 aliphatic carbocycles. The first-order valence-electron chi connectivity index (χ1n) is 17.1. The Morgan fingerprint density at radius 2 is 1.91 bits per heavy atom. The largest absolute Gasteiger partial charge is 0.394 e. The lowest BCUT2D eigenvalue weighted by Crippen LogP contribution is -2.40. The Morgan fingerprint density at radius 3 is 2.64 bits per heavy atom. The van der Waals surface area contributed by atoms with E-state index in [1.54, 1.807) is 12.1 Å². The number of nitrogens with one attached hydrogen (secondary N) is 3. The van der Waals surface area contributed by atoms with Crippen LogP contribution in [0.2, 0.25) is 0 Å². The van der Waals surface area contributed by atoms with Gasteiger partial charge in [0, 0.05) is 30.9 Å². The van der Waals surface area contributed by atoms with Crippen LogP contribution in [0.5, 0.6) is 0 Å². The highest BCUT2D eigenvalue weighted by Crippen LogP contribution is 2.40. The molecular weight excluding hydrogens is 709 g/mol. The van der Waals surface area contributed by atoms with Gasteiger partial charge in [0.2, 0.25) is 16.0 Å². The van der Waals surface area contributed by atoms with Gasteiger partial charge in [0.05, 0.1) is 29.6 Å². The van der Waals surface area contributed by atoms with Crippen molar-refractivity contribution in [1.82, 2.24) is 30.0 Å². The summed E-state index contributed by atoms with van der Waals surface area (Å²) in [5, 5.41) is 50.6. The number of ether oxygens (including phenoxy) is 1. The first-order chi connectivity index (χ1) is 25.5. The number of aryl methyl sites for hydroxylation is 1. The number of amides is 2. The number of nitrogens with two attached hydrogens (primary N) is 1. The summed E-state index contributed by atoms with van der Waals surface area (Å²) in [6.07, 6.45) is -1.73. The molecule has 2 amide bonds. The molecule has 0 spiro atoms. The number of anilines is 3. The molecule has 0 bridgehead atoms. The number of imidazole rings is 1. The Balaban J connectivity index is 1.15. The van der Waals surface area contributed by atoms with Crippen molar-refractivity contribution in [3.63, 3.8) is 0 Å². The molecule has 18 nitrogen and oxygen atoms in total. The highest BCUT2D eigenvalue weighted by atomic mass is 32.2. The Bertz CT molecular complexity index is 2180. The van der Waals surface area contributed by atoms with Crippen molar-refractivity contribution < 1.29 is 37.8 Å². The number of primary sulfonamides is 1. The first-order valence-corrected chi connectivity index (χ1v) is 18.6. The number of carbonyl (C=O) groups excluding carboxylic acids is 1. The highest BCUT2D eigenvalue weighted by Gasteiger charge is 2.47. The Morgan fingerprint density at radius 1 is 1.09 bits per heavy atom. The summed E-state index contributed by atoms with van der Waals surface area (Å²) in [5.74, 6) is 0.896. The third kappa shape index (κ3) is 7.80. The minimum absolute atomic E-state index is 0.130. The highest BCUT2D eigenvalue weighted by molar-refractivity contribution is 7.89. The molecule has 0 saturated carbocycles. The first kappa shape index (κ1) is 36.2. The summed E-state index contributed by atoms with van der Waals surface area (Å²) >= 11 is 0. The molecule has 6 atom stereocenters. The molecule has 8 N–H and O–H groups in total. The fraction of sp³-hybridized carbons (Fsp3) is 0.382. The molecule has 0 radical (unpaired) electrons. The van der Waals surface area contributed by atoms with Gasteiger partial charge in [-0.25, -0.2) is 23.3 Å². The molecule has 19 heteroatoms. The summed E-state index contributed by atoms with van der Waals surface area (Å²) in [5.41, 5.74) is 2.57. The van der Waals surface area contributed by atoms with Crippen LogP contribution in [0.25, 0.3) is 11.2 Å². The quantitative estimate of drug-likeness (QED) is 0.0953. The number of hydrogen-bond donors (Lipinski definition) is 7. The normalized spacial score (nSPS) is 22.3. The summed E-state index contributed by atoms with van der Waals surface area (Å²) in [4.78, 5) is 28.9. The van der Waals surface area contributed by atoms with E-state index in [0.29, 0.717) is 55.0 Å². The second kappa shape index (κ2) is 15.0. The second-order valence-corrected chi connectivity index (χ2v) is 14.6. The summed E-state index contributed by atoms with van der Waals surface area (Å²) in [6, 6.07) is 15.7. The second-order valence-electron chi connectivity index (χ2n) is 13.0. The van der Waals surface area contributed by atoms with Crippen LogP contribution in [0.3, 0.4) is 0 Å². The van der Waals surface area contributed by atoms with Crippen molar-refractivity contribution in [3.05, 3.63) is 84.0 Å². The van der Waals surface area contributed by atoms with Crippen molar-refractivity contribution in [1.29, 1.82) is 0 Å². The molecule has 2 fully saturated rings. The number of nitrogens with zero attached hydrogens (tertiary/aromatic N) is 6. The van der Waals surface area contributed by atoms with Gasteiger partial charge in [0.25, 0.3) is 0 Å². The molecule has 5 heterocycles. The van der Waals surface area contributed by atoms with Crippen LogP contribution in [-0.4, -0.2) is 98.4 Å². The molecule has 6 unspecified atom stereocenters. The maximum Gasteiger partial charge on any atom is 0.319 e. The number of rotatable bonds is 12. The number of aliphatic hydroxyl groups excluding tert-OH is 3. The third-order valence-electron chi connectivity index (χ3n) is 9.25. The molecule has 2 aliphatic heterocycles. The van der Waals surface area contributed by atoms with Crippen LogP contribution >= 0.6 is 0 Å². The van der Waals surface area contributed by atoms with Crippen molar-refractivity contribution >= 4 is 44.7 Å². The van der Waals surface area contributed by atoms with Gasteiger partial charge < -0.3 is 45.4 Å². The third-order valence-corrected chi connectivity index (χ3v) is 10.2. The molecule has 53 heavy (non-hydrogen) atoms. The van der Waals surface area contributed by atoms with Crippen LogP contribution in [0, 0.1) is 0 Å². The zero-order valence-corrected chi connectivity index (χ0v) is 29.4. The lowest BCUT2D eigenvalue weighted by Gasteiger charge is -2.22. The zero-order chi connectivity index (χ0) is 37.3. The number of hydrogen-bond acceptors (Lipinski definition) is 14. The minimum atomic E-state index is -3.95. The monoisotopic (exact) mass is 748 g/mol. The van der Waals surface area contributed by atoms with Gasteiger partial charge in [-0.3, -0.25) is 4.57 Å². The summed E-state index contributed by atoms with van der Waals surface area (Å²) in [6.45, 7) is 2.49. The van der Waals surface area contributed by atoms with E-state index in [0.717, 1.165) is 5.56 Å². The Hall–Kier alpha value is -5.18. The lowest BCUT2D eigenvalue weighted by atomic mass is 10.1. The number of carbonyl (C=O) groups is 1. The van der Waals surface area contributed by atoms with Gasteiger partial charge in [0.15, 0.2) is 29.0 Å². The van der Waals surface area contributed by atoms with Gasteiger partial charge in [-0.15, -0.1) is 0 Å². The van der Waals surface area contributed by atoms with Crippen LogP contribution in [-0.2, 0) is 27.6 Å². The maximum atomic E-state index is 12.9. The van der Waals surface area contributed by atoms with E-state index >= 15 is 0 Å². The number of aromatic nitrogens is 5. The Labute approximate surface area is 304 Å². The van der Waals surface area contributed by atoms with E-state index in [4.69, 9.17) is 24.4 Å². The van der Waals surface area contributed by atoms with Crippen LogP contribution in [0.1, 0.15) is 42.7 Å². The number of urea groups is 1. The van der Waals surface area contributed by atoms with Gasteiger partial charge in [0.1, 0.15) is 18.3 Å². The number of benzene rings is 2. The average molecular weight is 749 g/mol. The number of fused-ring (bicyclic) bond motifs is 1. The van der Waals surface area contributed by atoms with Crippen LogP contribution < -0.4 is 26.0 Å². The van der Waals surface area contributed by atoms with Crippen molar-refractivity contribution in [2.45, 2.75) is 67.7 Å². The van der Waals surface area contributed by atoms with E-state index in [9.17, 15) is 28.5 Å². The van der Waals surface area contributed by atoms with Crippen molar-refractivity contribution in [3.8, 4) is 0 Å². The maximum absolute atomic E-state index is 12.9. The molecule has 2 saturated heterocycles. The predicted molar refractivity (Wildman–Crippen MR) is 191 cm³/mol. The van der Waals surface area contributed by atoms with E-state index < -0.39 is 46.6 Å². The predicted octanol–water partition coefficient (Wildman–Crippen LogP) is 1.43. The van der Waals surface area contributed by atoms with Gasteiger partial charge in [-0.1, -0.05) is 48.5 Å². The van der Waals surface area contributed by atoms with E-state index in [1.165, 1.54) is 29.1 Å².